The summed E-state index contributed by atoms with van der Waals surface area (Å²) in [4.78, 5) is 35.0. The van der Waals surface area contributed by atoms with Crippen molar-refractivity contribution < 1.29 is 28.4 Å². The summed E-state index contributed by atoms with van der Waals surface area (Å²) in [5.41, 5.74) is 0.700. The Morgan fingerprint density at radius 1 is 1.14 bits per heavy atom. The average Bonchev–Trinajstić information content (AvgIpc) is 2.96. The topological polar surface area (TPSA) is 109 Å². The predicted molar refractivity (Wildman–Crippen MR) is 107 cm³/mol. The quantitative estimate of drug-likeness (QED) is 0.222. The molecule has 29 heavy (non-hydrogen) atoms. The number of hydrogen-bond acceptors (Lipinski definition) is 7. The summed E-state index contributed by atoms with van der Waals surface area (Å²) in [6, 6.07) is 8.15. The number of rotatable bonds is 5. The van der Waals surface area contributed by atoms with Crippen molar-refractivity contribution in [3.63, 3.8) is 0 Å². The maximum Gasteiger partial charge on any atom is 0.343 e. The minimum Gasteiger partial charge on any atom is -0.460 e. The Bertz CT molecular complexity index is 1120. The van der Waals surface area contributed by atoms with Gasteiger partial charge in [-0.15, -0.1) is 0 Å². The van der Waals surface area contributed by atoms with Gasteiger partial charge < -0.3 is 13.9 Å². The zero-order valence-electron chi connectivity index (χ0n) is 15.7. The third-order valence-electron chi connectivity index (χ3n) is 3.98. The smallest absolute Gasteiger partial charge is 0.343 e. The number of aryl methyl sites for hydroxylation is 1. The molecule has 1 heterocycles. The Labute approximate surface area is 173 Å². The average molecular weight is 462 g/mol. The van der Waals surface area contributed by atoms with Crippen LogP contribution in [0.1, 0.15) is 40.3 Å². The van der Waals surface area contributed by atoms with E-state index in [1.54, 1.807) is 26.8 Å². The summed E-state index contributed by atoms with van der Waals surface area (Å²) in [6.07, 6.45) is -0.304. The van der Waals surface area contributed by atoms with Gasteiger partial charge in [-0.1, -0.05) is 0 Å². The second-order valence-electron chi connectivity index (χ2n) is 6.46. The van der Waals surface area contributed by atoms with Crippen LogP contribution in [-0.2, 0) is 4.74 Å². The molecule has 8 nitrogen and oxygen atoms in total. The molecule has 3 aromatic rings. The van der Waals surface area contributed by atoms with E-state index in [1.165, 1.54) is 30.3 Å². The highest BCUT2D eigenvalue weighted by Gasteiger charge is 2.23. The van der Waals surface area contributed by atoms with Gasteiger partial charge in [0.15, 0.2) is 0 Å². The third-order valence-corrected chi connectivity index (χ3v) is 4.60. The van der Waals surface area contributed by atoms with Crippen molar-refractivity contribution in [2.24, 2.45) is 0 Å². The highest BCUT2D eigenvalue weighted by molar-refractivity contribution is 9.10. The lowest BCUT2D eigenvalue weighted by Gasteiger charge is -2.09. The second kappa shape index (κ2) is 8.04. The lowest BCUT2D eigenvalue weighted by molar-refractivity contribution is -0.384. The summed E-state index contributed by atoms with van der Waals surface area (Å²) in [6.45, 7) is 5.13. The van der Waals surface area contributed by atoms with Gasteiger partial charge >= 0.3 is 11.9 Å². The molecular formula is C20H16BrNO7. The summed E-state index contributed by atoms with van der Waals surface area (Å²) in [5.74, 6) is -0.686. The summed E-state index contributed by atoms with van der Waals surface area (Å²) >= 11 is 3.32. The number of nitrogens with zero attached hydrogens (tertiary/aromatic N) is 1. The molecule has 0 fully saturated rings. The van der Waals surface area contributed by atoms with E-state index in [0.717, 1.165) is 0 Å². The van der Waals surface area contributed by atoms with Crippen LogP contribution in [0.2, 0.25) is 0 Å². The van der Waals surface area contributed by atoms with Crippen LogP contribution in [0, 0.1) is 17.0 Å². The monoisotopic (exact) mass is 461 g/mol. The first kappa shape index (κ1) is 20.5. The van der Waals surface area contributed by atoms with Crippen LogP contribution in [0.4, 0.5) is 5.69 Å². The molecule has 0 saturated heterocycles. The first-order valence-electron chi connectivity index (χ1n) is 8.57. The maximum absolute atomic E-state index is 12.4. The van der Waals surface area contributed by atoms with Crippen LogP contribution in [0.5, 0.6) is 5.75 Å². The SMILES string of the molecule is Cc1oc2cc(Br)c(OC(=O)c3ccc([N+](=O)[O-])cc3)cc2c1C(=O)OC(C)C. The number of hydrogen-bond donors (Lipinski definition) is 0. The molecule has 0 bridgehead atoms. The Kier molecular flexibility index (Phi) is 5.69. The molecule has 1 aromatic heterocycles. The minimum atomic E-state index is -0.702. The third kappa shape index (κ3) is 4.29. The molecule has 3 rings (SSSR count). The molecule has 150 valence electrons. The fourth-order valence-electron chi connectivity index (χ4n) is 2.70. The number of fused-ring (bicyclic) bond motifs is 1. The first-order valence-corrected chi connectivity index (χ1v) is 9.37. The molecule has 0 unspecified atom stereocenters. The normalized spacial score (nSPS) is 10.9. The van der Waals surface area contributed by atoms with Crippen LogP contribution in [0.15, 0.2) is 45.3 Å². The lowest BCUT2D eigenvalue weighted by Crippen LogP contribution is -2.12. The molecule has 0 aliphatic heterocycles. The number of ether oxygens (including phenoxy) is 2. The van der Waals surface area contributed by atoms with E-state index in [9.17, 15) is 19.7 Å². The Morgan fingerprint density at radius 3 is 2.38 bits per heavy atom. The standard InChI is InChI=1S/C20H16BrNO7/c1-10(2)27-20(24)18-11(3)28-16-9-15(21)17(8-14(16)18)29-19(23)12-4-6-13(7-5-12)22(25)26/h4-10H,1-3H3. The summed E-state index contributed by atoms with van der Waals surface area (Å²) < 4.78 is 16.7. The van der Waals surface area contributed by atoms with Crippen molar-refractivity contribution in [2.45, 2.75) is 26.9 Å². The minimum absolute atomic E-state index is 0.133. The van der Waals surface area contributed by atoms with E-state index >= 15 is 0 Å². The number of furan rings is 1. The Balaban J connectivity index is 1.94. The molecule has 0 aliphatic carbocycles. The molecule has 9 heteroatoms. The largest absolute Gasteiger partial charge is 0.460 e. The zero-order chi connectivity index (χ0) is 21.3. The van der Waals surface area contributed by atoms with Gasteiger partial charge in [-0.25, -0.2) is 9.59 Å². The number of benzene rings is 2. The van der Waals surface area contributed by atoms with Crippen molar-refractivity contribution in [3.05, 3.63) is 67.9 Å². The fourth-order valence-corrected chi connectivity index (χ4v) is 3.11. The van der Waals surface area contributed by atoms with Gasteiger partial charge in [0.2, 0.25) is 0 Å². The number of halogens is 1. The summed E-state index contributed by atoms with van der Waals surface area (Å²) in [5, 5.41) is 11.2. The maximum atomic E-state index is 12.4. The number of nitro groups is 1. The van der Waals surface area contributed by atoms with Gasteiger partial charge in [0.1, 0.15) is 22.7 Å². The van der Waals surface area contributed by atoms with Crippen molar-refractivity contribution in [3.8, 4) is 5.75 Å². The van der Waals surface area contributed by atoms with Crippen molar-refractivity contribution in [1.29, 1.82) is 0 Å². The van der Waals surface area contributed by atoms with E-state index < -0.39 is 16.9 Å². The molecule has 0 atom stereocenters. The molecule has 2 aromatic carbocycles. The van der Waals surface area contributed by atoms with Crippen LogP contribution >= 0.6 is 15.9 Å². The highest BCUT2D eigenvalue weighted by atomic mass is 79.9. The number of non-ortho nitro benzene ring substituents is 1. The van der Waals surface area contributed by atoms with E-state index in [4.69, 9.17) is 13.9 Å². The van der Waals surface area contributed by atoms with E-state index in [1.807, 2.05) is 0 Å². The molecule has 0 saturated carbocycles. The Morgan fingerprint density at radius 2 is 1.79 bits per heavy atom. The number of carbonyl (C=O) groups excluding carboxylic acids is 2. The van der Waals surface area contributed by atoms with Gasteiger partial charge in [-0.2, -0.15) is 0 Å². The first-order chi connectivity index (χ1) is 13.7. The lowest BCUT2D eigenvalue weighted by atomic mass is 10.1. The van der Waals surface area contributed by atoms with Crippen LogP contribution in [-0.4, -0.2) is 23.0 Å². The van der Waals surface area contributed by atoms with Gasteiger partial charge in [0.25, 0.3) is 5.69 Å². The Hall–Kier alpha value is -3.20. The van der Waals surface area contributed by atoms with Gasteiger partial charge in [0.05, 0.1) is 21.1 Å². The molecule has 0 spiro atoms. The van der Waals surface area contributed by atoms with Crippen molar-refractivity contribution in [2.75, 3.05) is 0 Å². The van der Waals surface area contributed by atoms with Crippen LogP contribution in [0.3, 0.4) is 0 Å². The molecule has 0 N–H and O–H groups in total. The van der Waals surface area contributed by atoms with Crippen LogP contribution < -0.4 is 4.74 Å². The molecule has 0 radical (unpaired) electrons. The van der Waals surface area contributed by atoms with Gasteiger partial charge in [-0.3, -0.25) is 10.1 Å². The van der Waals surface area contributed by atoms with E-state index in [0.29, 0.717) is 21.2 Å². The fraction of sp³-hybridized carbons (Fsp3) is 0.200. The number of carbonyl (C=O) groups is 2. The van der Waals surface area contributed by atoms with Crippen molar-refractivity contribution in [1.82, 2.24) is 0 Å². The van der Waals surface area contributed by atoms with Crippen molar-refractivity contribution >= 4 is 44.5 Å². The number of nitro benzene ring substituents is 1. The molecule has 0 amide bonds. The highest BCUT2D eigenvalue weighted by Crippen LogP contribution is 2.35. The van der Waals surface area contributed by atoms with Gasteiger partial charge in [-0.05, 0) is 61.0 Å². The predicted octanol–water partition coefficient (Wildman–Crippen LogP) is 5.20. The summed E-state index contributed by atoms with van der Waals surface area (Å²) in [7, 11) is 0. The van der Waals surface area contributed by atoms with Crippen LogP contribution in [0.25, 0.3) is 11.0 Å². The second-order valence-corrected chi connectivity index (χ2v) is 7.31. The zero-order valence-corrected chi connectivity index (χ0v) is 17.3. The van der Waals surface area contributed by atoms with E-state index in [2.05, 4.69) is 15.9 Å². The number of esters is 2. The molecular weight excluding hydrogens is 446 g/mol. The van der Waals surface area contributed by atoms with E-state index in [-0.39, 0.29) is 28.7 Å². The molecule has 0 aliphatic rings. The van der Waals surface area contributed by atoms with Gasteiger partial charge in [0, 0.05) is 17.5 Å².